The van der Waals surface area contributed by atoms with Gasteiger partial charge in [0, 0.05) is 6.54 Å². The molecule has 0 amide bonds. The number of anilines is 1. The fourth-order valence-electron chi connectivity index (χ4n) is 1.84. The average Bonchev–Trinajstić information content (AvgIpc) is 2.63. The first-order valence-electron chi connectivity index (χ1n) is 6.28. The van der Waals surface area contributed by atoms with E-state index in [4.69, 9.17) is 5.11 Å². The van der Waals surface area contributed by atoms with Gasteiger partial charge in [0.25, 0.3) is 0 Å². The number of hydrogen-bond acceptors (Lipinski definition) is 4. The van der Waals surface area contributed by atoms with Gasteiger partial charge in [0.15, 0.2) is 5.65 Å². The number of carboxylic acids is 1. The topological polar surface area (TPSA) is 79.5 Å². The lowest BCUT2D eigenvalue weighted by Gasteiger charge is -2.08. The summed E-state index contributed by atoms with van der Waals surface area (Å²) in [6, 6.07) is 3.70. The molecule has 2 aromatic heterocycles. The maximum Gasteiger partial charge on any atom is 0.309 e. The van der Waals surface area contributed by atoms with E-state index in [2.05, 4.69) is 29.2 Å². The number of fused-ring (bicyclic) bond motifs is 1. The Balaban J connectivity index is 2.36. The van der Waals surface area contributed by atoms with Crippen LogP contribution in [-0.4, -0.2) is 32.2 Å². The van der Waals surface area contributed by atoms with Crippen molar-refractivity contribution in [3.63, 3.8) is 0 Å². The lowest BCUT2D eigenvalue weighted by Crippen LogP contribution is -2.12. The van der Waals surface area contributed by atoms with Gasteiger partial charge in [-0.15, -0.1) is 5.10 Å². The molecule has 2 rings (SSSR count). The molecular formula is C13H18N4O2. The van der Waals surface area contributed by atoms with Crippen LogP contribution in [0.3, 0.4) is 0 Å². The largest absolute Gasteiger partial charge is 0.481 e. The van der Waals surface area contributed by atoms with Crippen LogP contribution in [0.15, 0.2) is 12.1 Å². The van der Waals surface area contributed by atoms with Crippen LogP contribution in [0.2, 0.25) is 0 Å². The Morgan fingerprint density at radius 3 is 2.84 bits per heavy atom. The molecule has 0 aliphatic rings. The number of aryl methyl sites for hydroxylation is 1. The highest BCUT2D eigenvalue weighted by Gasteiger charge is 2.13. The molecule has 6 nitrogen and oxygen atoms in total. The zero-order valence-electron chi connectivity index (χ0n) is 11.3. The first-order valence-corrected chi connectivity index (χ1v) is 6.28. The van der Waals surface area contributed by atoms with Crippen LogP contribution in [0.4, 0.5) is 5.82 Å². The summed E-state index contributed by atoms with van der Waals surface area (Å²) in [5.74, 6) is 0.359. The zero-order valence-corrected chi connectivity index (χ0v) is 11.3. The van der Waals surface area contributed by atoms with Gasteiger partial charge in [-0.05, 0) is 25.0 Å². The van der Waals surface area contributed by atoms with Crippen LogP contribution < -0.4 is 5.32 Å². The highest BCUT2D eigenvalue weighted by atomic mass is 16.4. The van der Waals surface area contributed by atoms with Gasteiger partial charge in [-0.2, -0.15) is 0 Å². The molecule has 0 spiro atoms. The van der Waals surface area contributed by atoms with E-state index in [0.29, 0.717) is 23.0 Å². The van der Waals surface area contributed by atoms with Gasteiger partial charge in [0.1, 0.15) is 5.82 Å². The van der Waals surface area contributed by atoms with Crippen molar-refractivity contribution in [2.24, 2.45) is 5.92 Å². The second-order valence-corrected chi connectivity index (χ2v) is 4.98. The number of hydrogen-bond donors (Lipinski definition) is 2. The van der Waals surface area contributed by atoms with Gasteiger partial charge >= 0.3 is 5.97 Å². The van der Waals surface area contributed by atoms with E-state index in [9.17, 15) is 4.79 Å². The number of carbonyl (C=O) groups is 1. The lowest BCUT2D eigenvalue weighted by atomic mass is 10.2. The van der Waals surface area contributed by atoms with Gasteiger partial charge in [0.05, 0.1) is 17.8 Å². The Morgan fingerprint density at radius 1 is 1.47 bits per heavy atom. The van der Waals surface area contributed by atoms with Crippen molar-refractivity contribution in [1.29, 1.82) is 0 Å². The molecule has 2 aromatic rings. The number of carboxylic acid groups (broad SMARTS) is 1. The fourth-order valence-corrected chi connectivity index (χ4v) is 1.84. The normalized spacial score (nSPS) is 11.2. The second kappa shape index (κ2) is 5.26. The van der Waals surface area contributed by atoms with Crippen LogP contribution in [-0.2, 0) is 11.2 Å². The molecule has 2 N–H and O–H groups in total. The molecule has 0 radical (unpaired) electrons. The Kier molecular flexibility index (Phi) is 3.69. The van der Waals surface area contributed by atoms with Crippen LogP contribution >= 0.6 is 0 Å². The molecule has 102 valence electrons. The van der Waals surface area contributed by atoms with Crippen LogP contribution in [0, 0.1) is 12.8 Å². The molecule has 2 heterocycles. The van der Waals surface area contributed by atoms with E-state index in [1.165, 1.54) is 0 Å². The second-order valence-electron chi connectivity index (χ2n) is 4.98. The van der Waals surface area contributed by atoms with E-state index in [-0.39, 0.29) is 6.42 Å². The van der Waals surface area contributed by atoms with Gasteiger partial charge in [0.2, 0.25) is 0 Å². The van der Waals surface area contributed by atoms with Crippen molar-refractivity contribution >= 4 is 17.4 Å². The van der Waals surface area contributed by atoms with E-state index < -0.39 is 5.97 Å². The van der Waals surface area contributed by atoms with E-state index in [1.54, 1.807) is 11.4 Å². The maximum absolute atomic E-state index is 10.9. The summed E-state index contributed by atoms with van der Waals surface area (Å²) in [6.45, 7) is 6.85. The molecule has 0 saturated carbocycles. The summed E-state index contributed by atoms with van der Waals surface area (Å²) in [5.41, 5.74) is 2.00. The third kappa shape index (κ3) is 3.01. The molecule has 0 aromatic carbocycles. The number of imidazole rings is 1. The van der Waals surface area contributed by atoms with E-state index >= 15 is 0 Å². The van der Waals surface area contributed by atoms with E-state index in [0.717, 1.165) is 12.4 Å². The summed E-state index contributed by atoms with van der Waals surface area (Å²) < 4.78 is 1.60. The standard InChI is InChI=1S/C13H18N4O2/c1-8(2)7-14-11-4-5-12-15-9(3)10(6-13(18)19)17(12)16-11/h4-5,8H,6-7H2,1-3H3,(H,14,16)(H,18,19). The quantitative estimate of drug-likeness (QED) is 0.858. The van der Waals surface area contributed by atoms with Gasteiger partial charge in [-0.25, -0.2) is 9.50 Å². The molecule has 0 unspecified atom stereocenters. The number of nitrogens with one attached hydrogen (secondary N) is 1. The van der Waals surface area contributed by atoms with Gasteiger partial charge in [-0.1, -0.05) is 13.8 Å². The third-order valence-electron chi connectivity index (χ3n) is 2.78. The van der Waals surface area contributed by atoms with Crippen molar-refractivity contribution in [2.45, 2.75) is 27.2 Å². The number of aromatic nitrogens is 3. The van der Waals surface area contributed by atoms with Crippen LogP contribution in [0.5, 0.6) is 0 Å². The highest BCUT2D eigenvalue weighted by Crippen LogP contribution is 2.14. The van der Waals surface area contributed by atoms with E-state index in [1.807, 2.05) is 12.1 Å². The summed E-state index contributed by atoms with van der Waals surface area (Å²) in [5, 5.41) is 16.5. The van der Waals surface area contributed by atoms with Crippen molar-refractivity contribution < 1.29 is 9.90 Å². The summed E-state index contributed by atoms with van der Waals surface area (Å²) in [7, 11) is 0. The molecular weight excluding hydrogens is 244 g/mol. The van der Waals surface area contributed by atoms with Crippen LogP contribution in [0.1, 0.15) is 25.2 Å². The van der Waals surface area contributed by atoms with Crippen molar-refractivity contribution in [2.75, 3.05) is 11.9 Å². The van der Waals surface area contributed by atoms with Crippen molar-refractivity contribution in [1.82, 2.24) is 14.6 Å². The Labute approximate surface area is 111 Å². The molecule has 6 heteroatoms. The number of rotatable bonds is 5. The highest BCUT2D eigenvalue weighted by molar-refractivity contribution is 5.70. The predicted molar refractivity (Wildman–Crippen MR) is 72.4 cm³/mol. The minimum atomic E-state index is -0.882. The molecule has 0 fully saturated rings. The zero-order chi connectivity index (χ0) is 14.0. The Bertz CT molecular complexity index is 604. The van der Waals surface area contributed by atoms with Gasteiger partial charge in [-0.3, -0.25) is 4.79 Å². The maximum atomic E-state index is 10.9. The molecule has 19 heavy (non-hydrogen) atoms. The summed E-state index contributed by atoms with van der Waals surface area (Å²) in [6.07, 6.45) is -0.0758. The SMILES string of the molecule is Cc1nc2ccc(NCC(C)C)nn2c1CC(=O)O. The van der Waals surface area contributed by atoms with Gasteiger partial charge < -0.3 is 10.4 Å². The van der Waals surface area contributed by atoms with Crippen LogP contribution in [0.25, 0.3) is 5.65 Å². The number of nitrogens with zero attached hydrogens (tertiary/aromatic N) is 3. The minimum Gasteiger partial charge on any atom is -0.481 e. The minimum absolute atomic E-state index is 0.0758. The monoisotopic (exact) mass is 262 g/mol. The smallest absolute Gasteiger partial charge is 0.309 e. The Morgan fingerprint density at radius 2 is 2.21 bits per heavy atom. The first kappa shape index (κ1) is 13.3. The predicted octanol–water partition coefficient (Wildman–Crippen LogP) is 1.73. The Hall–Kier alpha value is -2.11. The molecule has 0 bridgehead atoms. The lowest BCUT2D eigenvalue weighted by molar-refractivity contribution is -0.136. The average molecular weight is 262 g/mol. The summed E-state index contributed by atoms with van der Waals surface area (Å²) in [4.78, 5) is 15.2. The summed E-state index contributed by atoms with van der Waals surface area (Å²) >= 11 is 0. The molecule has 0 aliphatic carbocycles. The number of aliphatic carboxylic acids is 1. The van der Waals surface area contributed by atoms with Crippen molar-refractivity contribution in [3.8, 4) is 0 Å². The first-order chi connectivity index (χ1) is 8.97. The molecule has 0 atom stereocenters. The molecule has 0 aliphatic heterocycles. The molecule has 0 saturated heterocycles. The van der Waals surface area contributed by atoms with Crippen molar-refractivity contribution in [3.05, 3.63) is 23.5 Å². The third-order valence-corrected chi connectivity index (χ3v) is 2.78. The fraction of sp³-hybridized carbons (Fsp3) is 0.462.